The number of halogens is 1. The van der Waals surface area contributed by atoms with Crippen LogP contribution in [0.4, 0.5) is 11.4 Å². The van der Waals surface area contributed by atoms with Crippen LogP contribution in [0, 0.1) is 29.9 Å². The number of nitro groups is 1. The molecule has 1 aliphatic rings. The molecular weight excluding hydrogens is 474 g/mol. The van der Waals surface area contributed by atoms with E-state index in [1.54, 1.807) is 6.92 Å². The second-order valence-corrected chi connectivity index (χ2v) is 9.39. The van der Waals surface area contributed by atoms with Crippen LogP contribution in [0.2, 0.25) is 5.02 Å². The molecule has 1 unspecified atom stereocenters. The molecule has 0 bridgehead atoms. The first-order chi connectivity index (χ1) is 15.4. The van der Waals surface area contributed by atoms with Crippen LogP contribution in [0.15, 0.2) is 40.3 Å². The maximum atomic E-state index is 12.6. The van der Waals surface area contributed by atoms with Gasteiger partial charge in [0.15, 0.2) is 0 Å². The quantitative estimate of drug-likeness (QED) is 0.355. The average Bonchev–Trinajstić information content (AvgIpc) is 3.11. The number of benzene rings is 2. The minimum absolute atomic E-state index is 0.0328. The highest BCUT2D eigenvalue weighted by Gasteiger charge is 2.37. The van der Waals surface area contributed by atoms with Crippen molar-refractivity contribution in [3.63, 3.8) is 0 Å². The van der Waals surface area contributed by atoms with Crippen molar-refractivity contribution < 1.29 is 22.9 Å². The number of rotatable bonds is 6. The van der Waals surface area contributed by atoms with Gasteiger partial charge in [-0.15, -0.1) is 0 Å². The van der Waals surface area contributed by atoms with E-state index in [1.165, 1.54) is 48.4 Å². The summed E-state index contributed by atoms with van der Waals surface area (Å²) in [6, 6.07) is 7.04. The number of hydrogen-bond acceptors (Lipinski definition) is 7. The van der Waals surface area contributed by atoms with E-state index in [1.807, 2.05) is 0 Å². The Balaban J connectivity index is 1.72. The van der Waals surface area contributed by atoms with E-state index in [0.29, 0.717) is 16.8 Å². The minimum Gasteiger partial charge on any atom is -0.310 e. The number of hydrogen-bond donors (Lipinski definition) is 2. The van der Waals surface area contributed by atoms with Crippen molar-refractivity contribution in [1.82, 2.24) is 5.43 Å². The fraction of sp³-hybridized carbons (Fsp3) is 0.250. The molecule has 33 heavy (non-hydrogen) atoms. The molecule has 0 saturated carbocycles. The Morgan fingerprint density at radius 1 is 1.33 bits per heavy atom. The van der Waals surface area contributed by atoms with Crippen molar-refractivity contribution in [2.24, 2.45) is 16.2 Å². The Morgan fingerprint density at radius 2 is 1.97 bits per heavy atom. The Bertz CT molecular complexity index is 1280. The number of non-ortho nitro benzene ring substituents is 1. The van der Waals surface area contributed by atoms with Gasteiger partial charge < -0.3 is 4.90 Å². The number of hydrazone groups is 1. The maximum absolute atomic E-state index is 12.6. The number of aryl methyl sites for hydroxylation is 1. The monoisotopic (exact) mass is 493 g/mol. The third kappa shape index (κ3) is 5.18. The number of amides is 2. The van der Waals surface area contributed by atoms with Gasteiger partial charge in [-0.3, -0.25) is 19.7 Å². The second-order valence-electron chi connectivity index (χ2n) is 7.51. The summed E-state index contributed by atoms with van der Waals surface area (Å²) in [5, 5.41) is 19.8. The van der Waals surface area contributed by atoms with E-state index in [9.17, 15) is 28.1 Å². The van der Waals surface area contributed by atoms with Crippen molar-refractivity contribution in [3.05, 3.63) is 62.2 Å². The van der Waals surface area contributed by atoms with E-state index in [2.05, 4.69) is 10.5 Å². The Morgan fingerprint density at radius 3 is 2.55 bits per heavy atom. The summed E-state index contributed by atoms with van der Waals surface area (Å²) in [5.74, 6) is -1.55. The van der Waals surface area contributed by atoms with Crippen molar-refractivity contribution in [2.75, 3.05) is 11.4 Å². The van der Waals surface area contributed by atoms with Gasteiger partial charge in [-0.25, -0.2) is 19.0 Å². The Hall–Kier alpha value is -3.35. The van der Waals surface area contributed by atoms with E-state index in [-0.39, 0.29) is 40.0 Å². The van der Waals surface area contributed by atoms with E-state index < -0.39 is 26.8 Å². The minimum atomic E-state index is -4.01. The van der Waals surface area contributed by atoms with Gasteiger partial charge in [0.05, 0.1) is 32.7 Å². The number of carbonyl (C=O) groups is 2. The molecule has 3 N–H and O–H groups in total. The summed E-state index contributed by atoms with van der Waals surface area (Å²) in [4.78, 5) is 36.5. The summed E-state index contributed by atoms with van der Waals surface area (Å²) in [7, 11) is -4.01. The van der Waals surface area contributed by atoms with Crippen molar-refractivity contribution in [2.45, 2.75) is 25.2 Å². The molecule has 0 aromatic heterocycles. The molecule has 0 spiro atoms. The van der Waals surface area contributed by atoms with Crippen LogP contribution in [0.1, 0.15) is 23.1 Å². The average molecular weight is 494 g/mol. The molecule has 1 aliphatic heterocycles. The van der Waals surface area contributed by atoms with Crippen LogP contribution in [-0.2, 0) is 19.6 Å². The smallest absolute Gasteiger partial charge is 0.269 e. The van der Waals surface area contributed by atoms with E-state index in [0.717, 1.165) is 0 Å². The molecule has 0 aliphatic carbocycles. The molecular formula is C20H20ClN5O6S. The predicted octanol–water partition coefficient (Wildman–Crippen LogP) is 2.02. The second kappa shape index (κ2) is 9.25. The molecule has 1 heterocycles. The molecule has 0 radical (unpaired) electrons. The molecule has 1 saturated heterocycles. The highest BCUT2D eigenvalue weighted by molar-refractivity contribution is 7.89. The zero-order valence-corrected chi connectivity index (χ0v) is 19.2. The normalized spacial score (nSPS) is 16.4. The lowest BCUT2D eigenvalue weighted by Gasteiger charge is -2.21. The van der Waals surface area contributed by atoms with Gasteiger partial charge in [0.1, 0.15) is 0 Å². The van der Waals surface area contributed by atoms with Gasteiger partial charge in [0, 0.05) is 25.1 Å². The molecule has 1 fully saturated rings. The highest BCUT2D eigenvalue weighted by atomic mass is 35.5. The van der Waals surface area contributed by atoms with Crippen LogP contribution in [0.25, 0.3) is 0 Å². The third-order valence-corrected chi connectivity index (χ3v) is 6.84. The number of nitrogens with zero attached hydrogens (tertiary/aromatic N) is 3. The van der Waals surface area contributed by atoms with Crippen LogP contribution < -0.4 is 15.5 Å². The van der Waals surface area contributed by atoms with Crippen LogP contribution in [-0.4, -0.2) is 37.9 Å². The molecule has 11 nitrogen and oxygen atoms in total. The number of sulfonamides is 1. The van der Waals surface area contributed by atoms with Crippen molar-refractivity contribution in [1.29, 1.82) is 0 Å². The molecule has 174 valence electrons. The molecule has 13 heteroatoms. The highest BCUT2D eigenvalue weighted by Crippen LogP contribution is 2.38. The van der Waals surface area contributed by atoms with Crippen molar-refractivity contribution >= 4 is 51.0 Å². The van der Waals surface area contributed by atoms with Crippen molar-refractivity contribution in [3.8, 4) is 0 Å². The maximum Gasteiger partial charge on any atom is 0.269 e. The lowest BCUT2D eigenvalue weighted by Crippen LogP contribution is -2.30. The largest absolute Gasteiger partial charge is 0.310 e. The Labute approximate surface area is 194 Å². The first kappa shape index (κ1) is 24.3. The summed E-state index contributed by atoms with van der Waals surface area (Å²) in [6.07, 6.45) is 1.25. The fourth-order valence-corrected chi connectivity index (χ4v) is 4.96. The third-order valence-electron chi connectivity index (χ3n) is 5.17. The van der Waals surface area contributed by atoms with Gasteiger partial charge in [0.2, 0.25) is 21.8 Å². The van der Waals surface area contributed by atoms with Gasteiger partial charge >= 0.3 is 0 Å². The number of nitrogens with two attached hydrogens (primary N) is 1. The van der Waals surface area contributed by atoms with E-state index in [4.69, 9.17) is 16.7 Å². The zero-order valence-electron chi connectivity index (χ0n) is 17.6. The van der Waals surface area contributed by atoms with Gasteiger partial charge in [-0.1, -0.05) is 11.6 Å². The number of nitrogens with one attached hydrogen (secondary N) is 1. The summed E-state index contributed by atoms with van der Waals surface area (Å²) in [5.41, 5.74) is 3.69. The molecule has 1 atom stereocenters. The molecule has 3 rings (SSSR count). The molecule has 2 aromatic carbocycles. The molecule has 2 amide bonds. The number of nitro benzene ring substituents is 1. The van der Waals surface area contributed by atoms with Crippen LogP contribution in [0.5, 0.6) is 0 Å². The number of primary sulfonamides is 1. The van der Waals surface area contributed by atoms with Crippen LogP contribution in [0.3, 0.4) is 0 Å². The fourth-order valence-electron chi connectivity index (χ4n) is 3.62. The standard InChI is InChI=1S/C20H20ClN5O6S/c1-11-7-16(18(21)12(2)19(11)33(22,31)32)25-10-14(8-17(25)27)20(28)24-23-9-13-3-5-15(6-4-13)26(29)30/h3-7,9,14H,8,10H2,1-2H3,(H,24,28)(H2,22,31,32)/b23-9+. The summed E-state index contributed by atoms with van der Waals surface area (Å²) < 4.78 is 23.7. The van der Waals surface area contributed by atoms with Gasteiger partial charge in [0.25, 0.3) is 5.69 Å². The topological polar surface area (TPSA) is 165 Å². The number of anilines is 1. The molecule has 2 aromatic rings. The predicted molar refractivity (Wildman–Crippen MR) is 122 cm³/mol. The summed E-state index contributed by atoms with van der Waals surface area (Å²) >= 11 is 6.35. The number of carbonyl (C=O) groups excluding carboxylic acids is 2. The zero-order chi connectivity index (χ0) is 24.5. The van der Waals surface area contributed by atoms with Crippen LogP contribution >= 0.6 is 11.6 Å². The summed E-state index contributed by atoms with van der Waals surface area (Å²) in [6.45, 7) is 3.07. The van der Waals surface area contributed by atoms with Gasteiger partial charge in [-0.2, -0.15) is 5.10 Å². The van der Waals surface area contributed by atoms with E-state index >= 15 is 0 Å². The van der Waals surface area contributed by atoms with Gasteiger partial charge in [-0.05, 0) is 48.7 Å². The Kier molecular flexibility index (Phi) is 6.81. The first-order valence-corrected chi connectivity index (χ1v) is 11.5. The lowest BCUT2D eigenvalue weighted by atomic mass is 10.1. The SMILES string of the molecule is Cc1cc(N2CC(C(=O)N/N=C/c3ccc([N+](=O)[O-])cc3)CC2=O)c(Cl)c(C)c1S(N)(=O)=O. The first-order valence-electron chi connectivity index (χ1n) is 9.60. The lowest BCUT2D eigenvalue weighted by molar-refractivity contribution is -0.384.